The van der Waals surface area contributed by atoms with E-state index in [9.17, 15) is 0 Å². The van der Waals surface area contributed by atoms with E-state index >= 15 is 0 Å². The van der Waals surface area contributed by atoms with Gasteiger partial charge < -0.3 is 9.84 Å². The summed E-state index contributed by atoms with van der Waals surface area (Å²) in [7, 11) is 0. The van der Waals surface area contributed by atoms with E-state index in [1.54, 1.807) is 0 Å². The maximum absolute atomic E-state index is 8.80. The van der Waals surface area contributed by atoms with Gasteiger partial charge in [-0.3, -0.25) is 5.26 Å². The van der Waals surface area contributed by atoms with Gasteiger partial charge in [0, 0.05) is 6.61 Å². The second kappa shape index (κ2) is 21.9. The highest BCUT2D eigenvalue weighted by Gasteiger charge is 2.06. The Balaban J connectivity index is 3.03. The molecule has 0 spiro atoms. The molecule has 0 rings (SSSR count). The van der Waals surface area contributed by atoms with Crippen LogP contribution in [-0.4, -0.2) is 36.3 Å². The third-order valence-electron chi connectivity index (χ3n) is 4.80. The quantitative estimate of drug-likeness (QED) is 0.147. The molecule has 0 aliphatic rings. The summed E-state index contributed by atoms with van der Waals surface area (Å²) in [5.41, 5.74) is 0. The number of rotatable bonds is 21. The van der Waals surface area contributed by atoms with Crippen LogP contribution in [0.5, 0.6) is 0 Å². The first kappa shape index (κ1) is 24.8. The Morgan fingerprint density at radius 1 is 0.640 bits per heavy atom. The summed E-state index contributed by atoms with van der Waals surface area (Å²) in [4.78, 5) is 4.06. The van der Waals surface area contributed by atoms with Gasteiger partial charge in [-0.15, -0.1) is 0 Å². The third kappa shape index (κ3) is 20.0. The second-order valence-electron chi connectivity index (χ2n) is 7.29. The summed E-state index contributed by atoms with van der Waals surface area (Å²) in [6, 6.07) is 0. The van der Waals surface area contributed by atoms with E-state index in [4.69, 9.17) is 15.1 Å². The van der Waals surface area contributed by atoms with Crippen molar-refractivity contribution in [3.05, 3.63) is 0 Å². The van der Waals surface area contributed by atoms with E-state index in [2.05, 4.69) is 11.8 Å². The number of ether oxygens (including phenoxy) is 1. The summed E-state index contributed by atoms with van der Waals surface area (Å²) < 4.78 is 5.35. The van der Waals surface area contributed by atoms with E-state index in [1.807, 2.05) is 0 Å². The van der Waals surface area contributed by atoms with Gasteiger partial charge in [0.1, 0.15) is 6.10 Å². The Morgan fingerprint density at radius 3 is 1.40 bits per heavy atom. The molecule has 152 valence electrons. The average Bonchev–Trinajstić information content (AvgIpc) is 2.64. The molecule has 0 radical (unpaired) electrons. The van der Waals surface area contributed by atoms with Crippen molar-refractivity contribution < 1.29 is 20.0 Å². The number of hydrogen-bond donors (Lipinski definition) is 2. The first-order chi connectivity index (χ1) is 12.3. The fourth-order valence-electron chi connectivity index (χ4n) is 3.08. The van der Waals surface area contributed by atoms with E-state index < -0.39 is 6.10 Å². The van der Waals surface area contributed by atoms with Gasteiger partial charge in [-0.05, 0) is 6.42 Å². The first-order valence-electron chi connectivity index (χ1n) is 10.8. The first-order valence-corrected chi connectivity index (χ1v) is 10.8. The molecule has 4 nitrogen and oxygen atoms in total. The summed E-state index contributed by atoms with van der Waals surface area (Å²) in [6.07, 6.45) is 21.2. The molecule has 0 bridgehead atoms. The molecule has 0 aromatic heterocycles. The Hall–Kier alpha value is -0.160. The molecule has 0 aromatic carbocycles. The van der Waals surface area contributed by atoms with Crippen LogP contribution in [0.3, 0.4) is 0 Å². The SMILES string of the molecule is CCCCCCCCCCCCCCCCCCOC[C@H](CO)OO. The van der Waals surface area contributed by atoms with Gasteiger partial charge in [-0.2, -0.15) is 0 Å². The van der Waals surface area contributed by atoms with Crippen molar-refractivity contribution >= 4 is 0 Å². The van der Waals surface area contributed by atoms with Gasteiger partial charge in [-0.1, -0.05) is 103 Å². The molecule has 0 fully saturated rings. The molecule has 2 N–H and O–H groups in total. The summed E-state index contributed by atoms with van der Waals surface area (Å²) >= 11 is 0. The van der Waals surface area contributed by atoms with Crippen molar-refractivity contribution in [1.29, 1.82) is 0 Å². The largest absolute Gasteiger partial charge is 0.393 e. The summed E-state index contributed by atoms with van der Waals surface area (Å²) in [5, 5.41) is 17.2. The molecule has 25 heavy (non-hydrogen) atoms. The van der Waals surface area contributed by atoms with Crippen molar-refractivity contribution in [3.8, 4) is 0 Å². The lowest BCUT2D eigenvalue weighted by Gasteiger charge is -2.10. The van der Waals surface area contributed by atoms with Crippen LogP contribution in [-0.2, 0) is 9.62 Å². The molecule has 0 heterocycles. The van der Waals surface area contributed by atoms with Crippen molar-refractivity contribution in [2.45, 2.75) is 116 Å². The van der Waals surface area contributed by atoms with Crippen LogP contribution >= 0.6 is 0 Å². The Morgan fingerprint density at radius 2 is 1.04 bits per heavy atom. The van der Waals surface area contributed by atoms with Gasteiger partial charge in [0.15, 0.2) is 0 Å². The molecule has 0 aromatic rings. The van der Waals surface area contributed by atoms with Crippen LogP contribution in [0.15, 0.2) is 0 Å². The summed E-state index contributed by atoms with van der Waals surface area (Å²) in [6.45, 7) is 3.00. The second-order valence-corrected chi connectivity index (χ2v) is 7.29. The van der Waals surface area contributed by atoms with Crippen molar-refractivity contribution in [3.63, 3.8) is 0 Å². The Kier molecular flexibility index (Phi) is 21.7. The maximum atomic E-state index is 8.80. The molecular weight excluding hydrogens is 316 g/mol. The monoisotopic (exact) mass is 360 g/mol. The van der Waals surface area contributed by atoms with Crippen molar-refractivity contribution in [2.24, 2.45) is 0 Å². The number of aliphatic hydroxyl groups excluding tert-OH is 1. The topological polar surface area (TPSA) is 58.9 Å². The molecule has 0 saturated heterocycles. The number of unbranched alkanes of at least 4 members (excludes halogenated alkanes) is 15. The zero-order chi connectivity index (χ0) is 18.4. The van der Waals surface area contributed by atoms with Crippen LogP contribution in [0.1, 0.15) is 110 Å². The van der Waals surface area contributed by atoms with E-state index in [0.29, 0.717) is 6.61 Å². The lowest BCUT2D eigenvalue weighted by atomic mass is 10.0. The van der Waals surface area contributed by atoms with Crippen molar-refractivity contribution in [2.75, 3.05) is 19.8 Å². The number of hydrogen-bond acceptors (Lipinski definition) is 4. The highest BCUT2D eigenvalue weighted by atomic mass is 17.1. The van der Waals surface area contributed by atoms with Gasteiger partial charge in [0.25, 0.3) is 0 Å². The minimum absolute atomic E-state index is 0.213. The minimum Gasteiger partial charge on any atom is -0.393 e. The van der Waals surface area contributed by atoms with E-state index in [-0.39, 0.29) is 13.2 Å². The normalized spacial score (nSPS) is 12.6. The minimum atomic E-state index is -0.610. The van der Waals surface area contributed by atoms with E-state index in [0.717, 1.165) is 6.42 Å². The highest BCUT2D eigenvalue weighted by Crippen LogP contribution is 2.13. The molecule has 0 amide bonds. The fourth-order valence-corrected chi connectivity index (χ4v) is 3.08. The van der Waals surface area contributed by atoms with Gasteiger partial charge in [0.05, 0.1) is 13.2 Å². The fraction of sp³-hybridized carbons (Fsp3) is 1.00. The van der Waals surface area contributed by atoms with Crippen LogP contribution in [0.25, 0.3) is 0 Å². The van der Waals surface area contributed by atoms with Crippen molar-refractivity contribution in [1.82, 2.24) is 0 Å². The Bertz CT molecular complexity index is 232. The highest BCUT2D eigenvalue weighted by molar-refractivity contribution is 4.52. The number of aliphatic hydroxyl groups is 1. The van der Waals surface area contributed by atoms with Crippen LogP contribution < -0.4 is 0 Å². The molecular formula is C21H44O4. The smallest absolute Gasteiger partial charge is 0.139 e. The molecule has 4 heteroatoms. The predicted octanol–water partition coefficient (Wildman–Crippen LogP) is 6.12. The van der Waals surface area contributed by atoms with E-state index in [1.165, 1.54) is 96.3 Å². The van der Waals surface area contributed by atoms with Crippen LogP contribution in [0, 0.1) is 0 Å². The molecule has 1 atom stereocenters. The molecule has 0 unspecified atom stereocenters. The molecule has 0 saturated carbocycles. The lowest BCUT2D eigenvalue weighted by molar-refractivity contribution is -0.293. The van der Waals surface area contributed by atoms with Crippen LogP contribution in [0.4, 0.5) is 0 Å². The average molecular weight is 361 g/mol. The third-order valence-corrected chi connectivity index (χ3v) is 4.80. The lowest BCUT2D eigenvalue weighted by Crippen LogP contribution is -2.22. The van der Waals surface area contributed by atoms with Crippen LogP contribution in [0.2, 0.25) is 0 Å². The summed E-state index contributed by atoms with van der Waals surface area (Å²) in [5.74, 6) is 0. The van der Waals surface area contributed by atoms with Gasteiger partial charge >= 0.3 is 0 Å². The Labute approximate surface area is 156 Å². The maximum Gasteiger partial charge on any atom is 0.139 e. The molecule has 0 aliphatic heterocycles. The molecule has 0 aliphatic carbocycles. The standard InChI is InChI=1S/C21H44O4/c1-2-3-4-5-6-7-8-9-10-11-12-13-14-15-16-17-18-24-20-21(19-22)25-23/h21-23H,2-20H2,1H3/t21-/m0/s1. The van der Waals surface area contributed by atoms with Gasteiger partial charge in [0.2, 0.25) is 0 Å². The van der Waals surface area contributed by atoms with Gasteiger partial charge in [-0.25, -0.2) is 4.89 Å². The zero-order valence-electron chi connectivity index (χ0n) is 16.7. The predicted molar refractivity (Wildman–Crippen MR) is 105 cm³/mol. The zero-order valence-corrected chi connectivity index (χ0v) is 16.7.